The zero-order valence-corrected chi connectivity index (χ0v) is 27.4. The van der Waals surface area contributed by atoms with E-state index in [0.717, 1.165) is 82.3 Å². The number of anilines is 4. The van der Waals surface area contributed by atoms with Crippen molar-refractivity contribution in [2.45, 2.75) is 37.9 Å². The fourth-order valence-electron chi connectivity index (χ4n) is 5.99. The third kappa shape index (κ3) is 7.82. The number of nitrogen functional groups attached to an aromatic ring is 4. The minimum atomic E-state index is 0.0292. The highest BCUT2D eigenvalue weighted by Gasteiger charge is 2.23. The maximum atomic E-state index is 6.15. The van der Waals surface area contributed by atoms with Crippen LogP contribution in [0, 0.1) is 0 Å². The number of nitrogens with zero attached hydrogens (tertiary/aromatic N) is 2. The molecule has 2 atom stereocenters. The Hall–Kier alpha value is -6.42. The van der Waals surface area contributed by atoms with Crippen LogP contribution in [0.2, 0.25) is 0 Å². The second kappa shape index (κ2) is 14.4. The van der Waals surface area contributed by atoms with Crippen molar-refractivity contribution in [2.24, 2.45) is 0 Å². The van der Waals surface area contributed by atoms with Crippen molar-refractivity contribution < 1.29 is 18.9 Å². The summed E-state index contributed by atoms with van der Waals surface area (Å²) >= 11 is 0. The van der Waals surface area contributed by atoms with E-state index in [0.29, 0.717) is 23.1 Å². The number of nitrogens with two attached hydrogens (primary N) is 4. The molecule has 10 nitrogen and oxygen atoms in total. The Morgan fingerprint density at radius 2 is 0.960 bits per heavy atom. The van der Waals surface area contributed by atoms with Crippen molar-refractivity contribution in [3.8, 4) is 34.8 Å². The number of aromatic nitrogens is 2. The summed E-state index contributed by atoms with van der Waals surface area (Å²) in [7, 11) is 0. The summed E-state index contributed by atoms with van der Waals surface area (Å²) < 4.78 is 23.9. The van der Waals surface area contributed by atoms with Crippen LogP contribution in [-0.2, 0) is 12.8 Å². The molecule has 0 amide bonds. The summed E-state index contributed by atoms with van der Waals surface area (Å²) in [5.74, 6) is 4.28. The summed E-state index contributed by atoms with van der Waals surface area (Å²) in [5.41, 5.74) is 30.2. The number of benzene rings is 4. The van der Waals surface area contributed by atoms with Crippen LogP contribution in [0.5, 0.6) is 34.8 Å². The Bertz CT molecular complexity index is 1940. The summed E-state index contributed by atoms with van der Waals surface area (Å²) in [6.45, 7) is 0. The van der Waals surface area contributed by atoms with E-state index in [1.54, 1.807) is 36.7 Å². The molecular formula is C40H38N6O4. The lowest BCUT2D eigenvalue weighted by molar-refractivity contribution is 0.176. The molecule has 8 N–H and O–H groups in total. The highest BCUT2D eigenvalue weighted by atomic mass is 16.5. The van der Waals surface area contributed by atoms with E-state index in [1.807, 2.05) is 72.8 Å². The number of hydrogen-bond donors (Lipinski definition) is 4. The minimum Gasteiger partial charge on any atom is -0.485 e. The first-order valence-corrected chi connectivity index (χ1v) is 16.4. The molecule has 2 aliphatic heterocycles. The standard InChI is InChI=1S/2C20H19N3O2/c2*21-15-3-1-2-13(10-15)18-7-4-14-11-17(6-8-19(14)25-18)24-20-9-5-16(22)12-23-20/h2*1-3,5-6,8-12,18H,4,7,21-22H2. The van der Waals surface area contributed by atoms with Crippen LogP contribution in [0.4, 0.5) is 22.7 Å². The molecule has 0 saturated heterocycles. The Labute approximate surface area is 290 Å². The molecule has 0 fully saturated rings. The number of rotatable bonds is 6. The van der Waals surface area contributed by atoms with Gasteiger partial charge in [-0.15, -0.1) is 0 Å². The van der Waals surface area contributed by atoms with Crippen LogP contribution in [0.15, 0.2) is 122 Å². The monoisotopic (exact) mass is 666 g/mol. The molecule has 0 saturated carbocycles. The van der Waals surface area contributed by atoms with E-state index in [-0.39, 0.29) is 12.2 Å². The quantitative estimate of drug-likeness (QED) is 0.127. The van der Waals surface area contributed by atoms with Gasteiger partial charge < -0.3 is 41.9 Å². The van der Waals surface area contributed by atoms with Gasteiger partial charge in [-0.25, -0.2) is 9.97 Å². The summed E-state index contributed by atoms with van der Waals surface area (Å²) in [5, 5.41) is 0. The van der Waals surface area contributed by atoms with Gasteiger partial charge in [0.25, 0.3) is 0 Å². The average molecular weight is 667 g/mol. The van der Waals surface area contributed by atoms with Crippen molar-refractivity contribution in [1.82, 2.24) is 9.97 Å². The highest BCUT2D eigenvalue weighted by molar-refractivity contribution is 5.48. The van der Waals surface area contributed by atoms with Crippen molar-refractivity contribution in [2.75, 3.05) is 22.9 Å². The molecule has 0 bridgehead atoms. The molecule has 8 rings (SSSR count). The molecule has 0 aliphatic carbocycles. The largest absolute Gasteiger partial charge is 0.485 e. The highest BCUT2D eigenvalue weighted by Crippen LogP contribution is 2.39. The van der Waals surface area contributed by atoms with Gasteiger partial charge in [-0.3, -0.25) is 0 Å². The normalized spacial score (nSPS) is 15.9. The first kappa shape index (κ1) is 32.1. The molecule has 0 radical (unpaired) electrons. The Morgan fingerprint density at radius 1 is 0.500 bits per heavy atom. The SMILES string of the molecule is Nc1ccc(Oc2ccc3c(c2)CCC(c2cccc(N)c2)O3)nc1.Nc1ccc(Oc2ccc3c(c2)CCC(c2cccc(N)c2)O3)nc1. The number of ether oxygens (including phenoxy) is 4. The number of fused-ring (bicyclic) bond motifs is 2. The second-order valence-corrected chi connectivity index (χ2v) is 12.2. The van der Waals surface area contributed by atoms with Gasteiger partial charge in [0.15, 0.2) is 0 Å². The van der Waals surface area contributed by atoms with Gasteiger partial charge in [-0.2, -0.15) is 0 Å². The summed E-state index contributed by atoms with van der Waals surface area (Å²) in [4.78, 5) is 8.31. The van der Waals surface area contributed by atoms with Gasteiger partial charge in [0.1, 0.15) is 35.2 Å². The fraction of sp³-hybridized carbons (Fsp3) is 0.150. The molecule has 0 spiro atoms. The van der Waals surface area contributed by atoms with Crippen LogP contribution in [0.3, 0.4) is 0 Å². The van der Waals surface area contributed by atoms with Crippen molar-refractivity contribution in [1.29, 1.82) is 0 Å². The smallest absolute Gasteiger partial charge is 0.219 e. The summed E-state index contributed by atoms with van der Waals surface area (Å²) in [6, 6.07) is 34.4. The number of pyridine rings is 2. The van der Waals surface area contributed by atoms with Gasteiger partial charge >= 0.3 is 0 Å². The maximum Gasteiger partial charge on any atom is 0.219 e. The molecule has 10 heteroatoms. The lowest BCUT2D eigenvalue weighted by Gasteiger charge is -2.27. The molecule has 4 heterocycles. The molecule has 2 aliphatic rings. The molecule has 2 unspecified atom stereocenters. The van der Waals surface area contributed by atoms with Crippen LogP contribution in [-0.4, -0.2) is 9.97 Å². The van der Waals surface area contributed by atoms with Gasteiger partial charge in [0, 0.05) is 23.5 Å². The Kier molecular flexibility index (Phi) is 9.24. The number of aryl methyl sites for hydroxylation is 2. The van der Waals surface area contributed by atoms with Gasteiger partial charge in [-0.1, -0.05) is 24.3 Å². The third-order valence-corrected chi connectivity index (χ3v) is 8.48. The average Bonchev–Trinajstić information content (AvgIpc) is 3.13. The predicted octanol–water partition coefficient (Wildman–Crippen LogP) is 8.21. The molecule has 4 aromatic carbocycles. The van der Waals surface area contributed by atoms with Crippen molar-refractivity contribution in [3.63, 3.8) is 0 Å². The fourth-order valence-corrected chi connectivity index (χ4v) is 5.99. The maximum absolute atomic E-state index is 6.15. The Morgan fingerprint density at radius 3 is 1.36 bits per heavy atom. The first-order valence-electron chi connectivity index (χ1n) is 16.4. The van der Waals surface area contributed by atoms with E-state index in [1.165, 1.54) is 0 Å². The zero-order valence-electron chi connectivity index (χ0n) is 27.4. The van der Waals surface area contributed by atoms with Crippen molar-refractivity contribution in [3.05, 3.63) is 144 Å². The van der Waals surface area contributed by atoms with E-state index >= 15 is 0 Å². The first-order chi connectivity index (χ1) is 24.3. The topological polar surface area (TPSA) is 167 Å². The minimum absolute atomic E-state index is 0.0292. The lowest BCUT2D eigenvalue weighted by Crippen LogP contribution is -2.15. The van der Waals surface area contributed by atoms with E-state index in [9.17, 15) is 0 Å². The van der Waals surface area contributed by atoms with Crippen LogP contribution < -0.4 is 41.9 Å². The molecule has 2 aromatic heterocycles. The lowest BCUT2D eigenvalue weighted by atomic mass is 9.97. The van der Waals surface area contributed by atoms with Crippen molar-refractivity contribution >= 4 is 22.7 Å². The number of hydrogen-bond acceptors (Lipinski definition) is 10. The van der Waals surface area contributed by atoms with Gasteiger partial charge in [-0.05, 0) is 121 Å². The molecule has 6 aromatic rings. The third-order valence-electron chi connectivity index (χ3n) is 8.48. The Balaban J connectivity index is 0.000000157. The van der Waals surface area contributed by atoms with E-state index < -0.39 is 0 Å². The van der Waals surface area contributed by atoms with Gasteiger partial charge in [0.2, 0.25) is 11.8 Å². The summed E-state index contributed by atoms with van der Waals surface area (Å²) in [6.07, 6.45) is 6.85. The van der Waals surface area contributed by atoms with Crippen LogP contribution in [0.1, 0.15) is 47.3 Å². The second-order valence-electron chi connectivity index (χ2n) is 12.2. The zero-order chi connectivity index (χ0) is 34.5. The predicted molar refractivity (Wildman–Crippen MR) is 195 cm³/mol. The van der Waals surface area contributed by atoms with E-state index in [4.69, 9.17) is 41.9 Å². The molecule has 252 valence electrons. The van der Waals surface area contributed by atoms with Crippen LogP contribution >= 0.6 is 0 Å². The molecular weight excluding hydrogens is 628 g/mol. The van der Waals surface area contributed by atoms with E-state index in [2.05, 4.69) is 22.1 Å². The van der Waals surface area contributed by atoms with Gasteiger partial charge in [0.05, 0.1) is 23.8 Å². The molecule has 50 heavy (non-hydrogen) atoms. The van der Waals surface area contributed by atoms with Crippen LogP contribution in [0.25, 0.3) is 0 Å².